The van der Waals surface area contributed by atoms with Crippen molar-refractivity contribution < 1.29 is 34.7 Å². The van der Waals surface area contributed by atoms with Gasteiger partial charge in [-0.05, 0) is 36.6 Å². The van der Waals surface area contributed by atoms with Crippen LogP contribution in [0.3, 0.4) is 0 Å². The van der Waals surface area contributed by atoms with Crippen LogP contribution in [0.4, 0.5) is 13.2 Å². The molecule has 0 amide bonds. The van der Waals surface area contributed by atoms with Crippen molar-refractivity contribution in [3.05, 3.63) is 36.3 Å². The van der Waals surface area contributed by atoms with Gasteiger partial charge < -0.3 is 4.74 Å². The van der Waals surface area contributed by atoms with Gasteiger partial charge in [-0.15, -0.1) is 13.2 Å². The van der Waals surface area contributed by atoms with Crippen molar-refractivity contribution in [3.8, 4) is 5.75 Å². The van der Waals surface area contributed by atoms with E-state index in [1.807, 2.05) is 0 Å². The summed E-state index contributed by atoms with van der Waals surface area (Å²) in [5, 5.41) is 0.765. The Morgan fingerprint density at radius 2 is 1.85 bits per heavy atom. The second kappa shape index (κ2) is 7.55. The largest absolute Gasteiger partial charge is 0.573 e. The summed E-state index contributed by atoms with van der Waals surface area (Å²) in [6, 6.07) is 3.91. The molecule has 1 N–H and O–H groups in total. The second-order valence-electron chi connectivity index (χ2n) is 5.60. The third-order valence-electron chi connectivity index (χ3n) is 3.74. The standard InChI is InChI=1S/C14H17F3N2O5S2/c1-2-25(20,21)18-9-11-7-8-19(10-11)26(22,23)13-5-3-12(4-6-13)24-14(15,16)17/h2-6,11,18H,1,7-10H2/t11-/m1/s1. The van der Waals surface area contributed by atoms with Crippen LogP contribution in [0.1, 0.15) is 6.42 Å². The minimum Gasteiger partial charge on any atom is -0.406 e. The van der Waals surface area contributed by atoms with Gasteiger partial charge in [0, 0.05) is 25.0 Å². The van der Waals surface area contributed by atoms with Crippen molar-refractivity contribution in [3.63, 3.8) is 0 Å². The van der Waals surface area contributed by atoms with Gasteiger partial charge in [-0.3, -0.25) is 0 Å². The van der Waals surface area contributed by atoms with Crippen LogP contribution in [0, 0.1) is 5.92 Å². The molecular weight excluding hydrogens is 397 g/mol. The number of hydrogen-bond acceptors (Lipinski definition) is 5. The molecule has 0 aliphatic carbocycles. The molecule has 0 unspecified atom stereocenters. The lowest BCUT2D eigenvalue weighted by Gasteiger charge is -2.17. The zero-order valence-corrected chi connectivity index (χ0v) is 15.1. The summed E-state index contributed by atoms with van der Waals surface area (Å²) >= 11 is 0. The highest BCUT2D eigenvalue weighted by molar-refractivity contribution is 7.92. The minimum absolute atomic E-state index is 0.0682. The molecule has 26 heavy (non-hydrogen) atoms. The van der Waals surface area contributed by atoms with E-state index in [1.54, 1.807) is 0 Å². The Hall–Kier alpha value is -1.63. The first-order valence-electron chi connectivity index (χ1n) is 7.41. The van der Waals surface area contributed by atoms with Crippen LogP contribution in [0.2, 0.25) is 0 Å². The fourth-order valence-corrected chi connectivity index (χ4v) is 4.55. The van der Waals surface area contributed by atoms with E-state index < -0.39 is 32.2 Å². The third kappa shape index (κ3) is 5.43. The molecule has 1 aliphatic heterocycles. The molecule has 1 aliphatic rings. The zero-order chi connectivity index (χ0) is 19.6. The summed E-state index contributed by atoms with van der Waals surface area (Å²) in [5.41, 5.74) is 0. The van der Waals surface area contributed by atoms with Gasteiger partial charge in [-0.2, -0.15) is 4.31 Å². The van der Waals surface area contributed by atoms with Gasteiger partial charge in [0.15, 0.2) is 0 Å². The maximum absolute atomic E-state index is 12.5. The van der Waals surface area contributed by atoms with Gasteiger partial charge in [0.25, 0.3) is 0 Å². The van der Waals surface area contributed by atoms with E-state index in [0.717, 1.165) is 29.7 Å². The fraction of sp³-hybridized carbons (Fsp3) is 0.429. The summed E-state index contributed by atoms with van der Waals surface area (Å²) in [7, 11) is -7.48. The summed E-state index contributed by atoms with van der Waals surface area (Å²) in [5.74, 6) is -0.734. The molecule has 1 fully saturated rings. The lowest BCUT2D eigenvalue weighted by molar-refractivity contribution is -0.274. The van der Waals surface area contributed by atoms with Crippen LogP contribution in [0.25, 0.3) is 0 Å². The Labute approximate surface area is 149 Å². The molecule has 1 aromatic carbocycles. The van der Waals surface area contributed by atoms with Crippen LogP contribution in [-0.4, -0.2) is 47.1 Å². The maximum Gasteiger partial charge on any atom is 0.573 e. The molecule has 7 nitrogen and oxygen atoms in total. The van der Waals surface area contributed by atoms with Crippen LogP contribution in [0.15, 0.2) is 41.1 Å². The zero-order valence-electron chi connectivity index (χ0n) is 13.4. The fourth-order valence-electron chi connectivity index (χ4n) is 2.44. The predicted molar refractivity (Wildman–Crippen MR) is 87.1 cm³/mol. The summed E-state index contributed by atoms with van der Waals surface area (Å²) < 4.78 is 91.4. The van der Waals surface area contributed by atoms with Crippen LogP contribution >= 0.6 is 0 Å². The number of sulfonamides is 2. The van der Waals surface area contributed by atoms with E-state index in [4.69, 9.17) is 0 Å². The van der Waals surface area contributed by atoms with E-state index in [2.05, 4.69) is 16.0 Å². The average Bonchev–Trinajstić information content (AvgIpc) is 3.02. The normalized spacial score (nSPS) is 19.4. The SMILES string of the molecule is C=CS(=O)(=O)NC[C@H]1CCN(S(=O)(=O)c2ccc(OC(F)(F)F)cc2)C1. The number of nitrogens with one attached hydrogen (secondary N) is 1. The first kappa shape index (κ1) is 20.7. The Morgan fingerprint density at radius 1 is 1.23 bits per heavy atom. The molecule has 1 aromatic rings. The van der Waals surface area contributed by atoms with E-state index in [0.29, 0.717) is 6.42 Å². The van der Waals surface area contributed by atoms with Gasteiger partial charge in [-0.1, -0.05) is 6.58 Å². The number of halogens is 3. The molecule has 0 bridgehead atoms. The van der Waals surface area contributed by atoms with Crippen molar-refractivity contribution in [2.75, 3.05) is 19.6 Å². The van der Waals surface area contributed by atoms with E-state index in [1.165, 1.54) is 4.31 Å². The lowest BCUT2D eigenvalue weighted by atomic mass is 10.1. The monoisotopic (exact) mass is 414 g/mol. The predicted octanol–water partition coefficient (Wildman–Crippen LogP) is 1.66. The van der Waals surface area contributed by atoms with Gasteiger partial charge in [-0.25, -0.2) is 21.6 Å². The molecule has 0 spiro atoms. The molecular formula is C14H17F3N2O5S2. The summed E-state index contributed by atoms with van der Waals surface area (Å²) in [6.07, 6.45) is -4.41. The summed E-state index contributed by atoms with van der Waals surface area (Å²) in [6.45, 7) is 3.52. The second-order valence-corrected chi connectivity index (χ2v) is 9.25. The topological polar surface area (TPSA) is 92.8 Å². The van der Waals surface area contributed by atoms with Crippen molar-refractivity contribution in [2.24, 2.45) is 5.92 Å². The Balaban J connectivity index is 2.03. The highest BCUT2D eigenvalue weighted by atomic mass is 32.2. The summed E-state index contributed by atoms with van der Waals surface area (Å²) in [4.78, 5) is -0.167. The number of nitrogens with zero attached hydrogens (tertiary/aromatic N) is 1. The molecule has 12 heteroatoms. The maximum atomic E-state index is 12.5. The number of hydrogen-bond donors (Lipinski definition) is 1. The molecule has 146 valence electrons. The quantitative estimate of drug-likeness (QED) is 0.733. The molecule has 2 rings (SSSR count). The van der Waals surface area contributed by atoms with Gasteiger partial charge in [0.2, 0.25) is 20.0 Å². The molecule has 1 atom stereocenters. The van der Waals surface area contributed by atoms with Crippen molar-refractivity contribution in [2.45, 2.75) is 17.7 Å². The number of alkyl halides is 3. The van der Waals surface area contributed by atoms with Crippen molar-refractivity contribution in [1.29, 1.82) is 0 Å². The van der Waals surface area contributed by atoms with Crippen LogP contribution in [0.5, 0.6) is 5.75 Å². The molecule has 1 heterocycles. The Morgan fingerprint density at radius 3 is 2.38 bits per heavy atom. The van der Waals surface area contributed by atoms with Gasteiger partial charge in [0.05, 0.1) is 4.90 Å². The highest BCUT2D eigenvalue weighted by Crippen LogP contribution is 2.27. The first-order valence-corrected chi connectivity index (χ1v) is 10.4. The number of ether oxygens (including phenoxy) is 1. The van der Waals surface area contributed by atoms with Crippen LogP contribution < -0.4 is 9.46 Å². The van der Waals surface area contributed by atoms with E-state index in [-0.39, 0.29) is 30.4 Å². The number of rotatable bonds is 7. The van der Waals surface area contributed by atoms with Gasteiger partial charge >= 0.3 is 6.36 Å². The molecule has 0 aromatic heterocycles. The van der Waals surface area contributed by atoms with E-state index >= 15 is 0 Å². The van der Waals surface area contributed by atoms with Crippen LogP contribution in [-0.2, 0) is 20.0 Å². The highest BCUT2D eigenvalue weighted by Gasteiger charge is 2.34. The first-order chi connectivity index (χ1) is 11.9. The van der Waals surface area contributed by atoms with Crippen molar-refractivity contribution in [1.82, 2.24) is 9.03 Å². The number of benzene rings is 1. The van der Waals surface area contributed by atoms with Gasteiger partial charge in [0.1, 0.15) is 5.75 Å². The third-order valence-corrected chi connectivity index (χ3v) is 6.62. The lowest BCUT2D eigenvalue weighted by Crippen LogP contribution is -2.32. The smallest absolute Gasteiger partial charge is 0.406 e. The average molecular weight is 414 g/mol. The Bertz CT molecular complexity index is 852. The van der Waals surface area contributed by atoms with Crippen molar-refractivity contribution >= 4 is 20.0 Å². The molecule has 1 saturated heterocycles. The Kier molecular flexibility index (Phi) is 6.00. The molecule has 0 saturated carbocycles. The molecule has 0 radical (unpaired) electrons. The minimum atomic E-state index is -4.86. The van der Waals surface area contributed by atoms with E-state index in [9.17, 15) is 30.0 Å².